The molecule has 2 unspecified atom stereocenters. The summed E-state index contributed by atoms with van der Waals surface area (Å²) < 4.78 is 5.88. The molecule has 1 aliphatic carbocycles. The molecule has 1 N–H and O–H groups in total. The lowest BCUT2D eigenvalue weighted by Gasteiger charge is -2.29. The first-order valence-electron chi connectivity index (χ1n) is 5.05. The fraction of sp³-hybridized carbons (Fsp3) is 1.00. The zero-order valence-electron chi connectivity index (χ0n) is 8.10. The Kier molecular flexibility index (Phi) is 2.13. The van der Waals surface area contributed by atoms with E-state index in [9.17, 15) is 0 Å². The Morgan fingerprint density at radius 3 is 3.08 bits per heavy atom. The lowest BCUT2D eigenvalue weighted by atomic mass is 9.88. The van der Waals surface area contributed by atoms with Gasteiger partial charge in [-0.25, -0.2) is 0 Å². The summed E-state index contributed by atoms with van der Waals surface area (Å²) in [5, 5.41) is 3.57. The van der Waals surface area contributed by atoms with Crippen LogP contribution >= 0.6 is 0 Å². The van der Waals surface area contributed by atoms with Crippen molar-refractivity contribution in [3.63, 3.8) is 0 Å². The monoisotopic (exact) mass is 169 g/mol. The highest BCUT2D eigenvalue weighted by atomic mass is 16.5. The minimum atomic E-state index is 0.391. The van der Waals surface area contributed by atoms with Gasteiger partial charge in [0.15, 0.2) is 0 Å². The Balaban J connectivity index is 2.09. The van der Waals surface area contributed by atoms with Crippen LogP contribution in [0.2, 0.25) is 0 Å². The lowest BCUT2D eigenvalue weighted by molar-refractivity contribution is -0.00807. The van der Waals surface area contributed by atoms with Gasteiger partial charge < -0.3 is 10.1 Å². The van der Waals surface area contributed by atoms with Crippen molar-refractivity contribution in [1.82, 2.24) is 5.32 Å². The van der Waals surface area contributed by atoms with Crippen molar-refractivity contribution in [3.05, 3.63) is 0 Å². The highest BCUT2D eigenvalue weighted by Crippen LogP contribution is 2.40. The summed E-state index contributed by atoms with van der Waals surface area (Å²) in [6.07, 6.45) is 4.22. The second-order valence-electron chi connectivity index (χ2n) is 4.73. The average Bonchev–Trinajstić information content (AvgIpc) is 2.27. The van der Waals surface area contributed by atoms with Crippen LogP contribution in [0.15, 0.2) is 0 Å². The third-order valence-electron chi connectivity index (χ3n) is 3.26. The third kappa shape index (κ3) is 1.38. The standard InChI is InChI=1S/C10H19NO/c1-10(2)5-4-8-9(10)12-7-3-6-11-8/h8-9,11H,3-7H2,1-2H3. The lowest BCUT2D eigenvalue weighted by Crippen LogP contribution is -2.40. The highest BCUT2D eigenvalue weighted by molar-refractivity contribution is 4.97. The number of ether oxygens (including phenoxy) is 1. The molecule has 2 fully saturated rings. The van der Waals surface area contributed by atoms with Crippen molar-refractivity contribution >= 4 is 0 Å². The molecule has 0 bridgehead atoms. The molecule has 2 nitrogen and oxygen atoms in total. The molecule has 1 aliphatic heterocycles. The van der Waals surface area contributed by atoms with Gasteiger partial charge in [-0.05, 0) is 31.2 Å². The smallest absolute Gasteiger partial charge is 0.0778 e. The molecule has 2 atom stereocenters. The van der Waals surface area contributed by atoms with E-state index in [-0.39, 0.29) is 0 Å². The van der Waals surface area contributed by atoms with Gasteiger partial charge in [0.05, 0.1) is 6.10 Å². The van der Waals surface area contributed by atoms with Gasteiger partial charge in [0.2, 0.25) is 0 Å². The van der Waals surface area contributed by atoms with Crippen LogP contribution in [0.3, 0.4) is 0 Å². The van der Waals surface area contributed by atoms with Crippen molar-refractivity contribution in [2.24, 2.45) is 5.41 Å². The SMILES string of the molecule is CC1(C)CCC2NCCCOC21. The molecule has 12 heavy (non-hydrogen) atoms. The third-order valence-corrected chi connectivity index (χ3v) is 3.26. The topological polar surface area (TPSA) is 21.3 Å². The Morgan fingerprint density at radius 2 is 2.25 bits per heavy atom. The fourth-order valence-corrected chi connectivity index (χ4v) is 2.49. The second kappa shape index (κ2) is 3.00. The maximum atomic E-state index is 5.88. The number of hydrogen-bond acceptors (Lipinski definition) is 2. The summed E-state index contributed by atoms with van der Waals surface area (Å²) in [5.74, 6) is 0. The minimum Gasteiger partial charge on any atom is -0.376 e. The molecule has 1 saturated heterocycles. The number of hydrogen-bond donors (Lipinski definition) is 1. The quantitative estimate of drug-likeness (QED) is 0.594. The molecule has 0 aromatic rings. The average molecular weight is 169 g/mol. The predicted molar refractivity (Wildman–Crippen MR) is 49.2 cm³/mol. The molecule has 0 aromatic heterocycles. The van der Waals surface area contributed by atoms with Crippen LogP contribution in [-0.4, -0.2) is 25.3 Å². The van der Waals surface area contributed by atoms with Gasteiger partial charge in [-0.3, -0.25) is 0 Å². The van der Waals surface area contributed by atoms with Gasteiger partial charge in [0, 0.05) is 12.6 Å². The molecule has 0 spiro atoms. The predicted octanol–water partition coefficient (Wildman–Crippen LogP) is 1.55. The number of nitrogens with one attached hydrogen (secondary N) is 1. The van der Waals surface area contributed by atoms with Gasteiger partial charge in [-0.1, -0.05) is 13.8 Å². The number of fused-ring (bicyclic) bond motifs is 1. The molecular formula is C10H19NO. The first kappa shape index (κ1) is 8.52. The summed E-state index contributed by atoms with van der Waals surface area (Å²) >= 11 is 0. The minimum absolute atomic E-state index is 0.391. The van der Waals surface area contributed by atoms with Crippen LogP contribution in [0.25, 0.3) is 0 Å². The maximum absolute atomic E-state index is 5.88. The Bertz CT molecular complexity index is 165. The van der Waals surface area contributed by atoms with Crippen molar-refractivity contribution in [1.29, 1.82) is 0 Å². The van der Waals surface area contributed by atoms with Crippen LogP contribution in [0.5, 0.6) is 0 Å². The van der Waals surface area contributed by atoms with E-state index in [1.807, 2.05) is 0 Å². The molecule has 1 heterocycles. The van der Waals surface area contributed by atoms with E-state index in [4.69, 9.17) is 4.74 Å². The highest BCUT2D eigenvalue weighted by Gasteiger charge is 2.43. The zero-order chi connectivity index (χ0) is 8.60. The summed E-state index contributed by atoms with van der Waals surface area (Å²) in [7, 11) is 0. The van der Waals surface area contributed by atoms with Crippen molar-refractivity contribution < 1.29 is 4.74 Å². The van der Waals surface area contributed by atoms with Crippen molar-refractivity contribution in [3.8, 4) is 0 Å². The van der Waals surface area contributed by atoms with Gasteiger partial charge >= 0.3 is 0 Å². The molecule has 0 amide bonds. The normalized spacial score (nSPS) is 40.5. The Morgan fingerprint density at radius 1 is 1.42 bits per heavy atom. The fourth-order valence-electron chi connectivity index (χ4n) is 2.49. The van der Waals surface area contributed by atoms with E-state index in [2.05, 4.69) is 19.2 Å². The summed E-state index contributed by atoms with van der Waals surface area (Å²) in [4.78, 5) is 0. The molecule has 0 aromatic carbocycles. The van der Waals surface area contributed by atoms with Gasteiger partial charge in [0.1, 0.15) is 0 Å². The molecule has 2 aliphatic rings. The molecular weight excluding hydrogens is 150 g/mol. The summed E-state index contributed by atoms with van der Waals surface area (Å²) in [6, 6.07) is 0.627. The van der Waals surface area contributed by atoms with E-state index in [0.29, 0.717) is 17.6 Å². The van der Waals surface area contributed by atoms with E-state index < -0.39 is 0 Å². The van der Waals surface area contributed by atoms with Crippen molar-refractivity contribution in [2.45, 2.75) is 45.3 Å². The van der Waals surface area contributed by atoms with Crippen LogP contribution in [0, 0.1) is 5.41 Å². The first-order valence-corrected chi connectivity index (χ1v) is 5.05. The zero-order valence-corrected chi connectivity index (χ0v) is 8.10. The van der Waals surface area contributed by atoms with Gasteiger partial charge in [0.25, 0.3) is 0 Å². The molecule has 0 radical (unpaired) electrons. The van der Waals surface area contributed by atoms with E-state index in [1.165, 1.54) is 19.3 Å². The molecule has 70 valence electrons. The second-order valence-corrected chi connectivity index (χ2v) is 4.73. The Labute approximate surface area is 74.7 Å². The van der Waals surface area contributed by atoms with E-state index in [1.54, 1.807) is 0 Å². The summed E-state index contributed by atoms with van der Waals surface area (Å²) in [5.41, 5.74) is 0.391. The first-order chi connectivity index (χ1) is 5.70. The van der Waals surface area contributed by atoms with Crippen molar-refractivity contribution in [2.75, 3.05) is 13.2 Å². The number of rotatable bonds is 0. The molecule has 1 saturated carbocycles. The van der Waals surface area contributed by atoms with Crippen LogP contribution in [0.1, 0.15) is 33.1 Å². The van der Waals surface area contributed by atoms with E-state index >= 15 is 0 Å². The van der Waals surface area contributed by atoms with Crippen LogP contribution < -0.4 is 5.32 Å². The summed E-state index contributed by atoms with van der Waals surface area (Å²) in [6.45, 7) is 6.73. The molecule has 2 rings (SSSR count). The maximum Gasteiger partial charge on any atom is 0.0778 e. The van der Waals surface area contributed by atoms with Crippen LogP contribution in [-0.2, 0) is 4.74 Å². The van der Waals surface area contributed by atoms with Gasteiger partial charge in [-0.15, -0.1) is 0 Å². The van der Waals surface area contributed by atoms with Gasteiger partial charge in [-0.2, -0.15) is 0 Å². The molecule has 2 heteroatoms. The van der Waals surface area contributed by atoms with Crippen LogP contribution in [0.4, 0.5) is 0 Å². The Hall–Kier alpha value is -0.0800. The van der Waals surface area contributed by atoms with E-state index in [0.717, 1.165) is 13.2 Å². The largest absolute Gasteiger partial charge is 0.376 e.